The molecular weight excluding hydrogens is 290 g/mol. The Balaban J connectivity index is 3.12. The third kappa shape index (κ3) is 3.20. The molecule has 0 saturated carbocycles. The average molecular weight is 302 g/mol. The highest BCUT2D eigenvalue weighted by atomic mass is 79.9. The van der Waals surface area contributed by atoms with Gasteiger partial charge in [-0.2, -0.15) is 0 Å². The van der Waals surface area contributed by atoms with E-state index in [9.17, 15) is 9.59 Å². The zero-order valence-corrected chi connectivity index (χ0v) is 11.0. The first-order valence-electron chi connectivity index (χ1n) is 4.78. The second-order valence-electron chi connectivity index (χ2n) is 3.30. The quantitative estimate of drug-likeness (QED) is 0.836. The minimum atomic E-state index is -0.801. The van der Waals surface area contributed by atoms with Crippen molar-refractivity contribution < 1.29 is 19.1 Å². The number of nitrogens with two attached hydrogens (primary N) is 1. The summed E-state index contributed by atoms with van der Waals surface area (Å²) in [6.07, 6.45) is -0.129. The van der Waals surface area contributed by atoms with Gasteiger partial charge in [0.25, 0.3) is 5.91 Å². The normalized spacial score (nSPS) is 11.7. The Morgan fingerprint density at radius 2 is 2.12 bits per heavy atom. The number of rotatable bonds is 5. The number of halogens is 1. The zero-order valence-electron chi connectivity index (χ0n) is 9.40. The first-order valence-corrected chi connectivity index (χ1v) is 5.57. The van der Waals surface area contributed by atoms with E-state index in [4.69, 9.17) is 15.2 Å². The Bertz CT molecular complexity index is 447. The van der Waals surface area contributed by atoms with E-state index < -0.39 is 12.0 Å². The Hall–Kier alpha value is -1.56. The van der Waals surface area contributed by atoms with Crippen LogP contribution < -0.4 is 15.2 Å². The monoisotopic (exact) mass is 301 g/mol. The molecule has 0 saturated heterocycles. The lowest BCUT2D eigenvalue weighted by molar-refractivity contribution is -0.124. The summed E-state index contributed by atoms with van der Waals surface area (Å²) < 4.78 is 11.0. The molecule has 0 heterocycles. The van der Waals surface area contributed by atoms with E-state index in [-0.39, 0.29) is 0 Å². The molecule has 1 atom stereocenters. The molecule has 0 aliphatic heterocycles. The summed E-state index contributed by atoms with van der Waals surface area (Å²) in [5.41, 5.74) is 5.49. The Kier molecular flexibility index (Phi) is 4.51. The number of aldehydes is 1. The molecule has 0 aromatic heterocycles. The van der Waals surface area contributed by atoms with Crippen molar-refractivity contribution in [1.29, 1.82) is 0 Å². The number of primary amides is 1. The molecular formula is C11H12BrNO4. The molecule has 0 aliphatic rings. The summed E-state index contributed by atoms with van der Waals surface area (Å²) >= 11 is 3.22. The van der Waals surface area contributed by atoms with Gasteiger partial charge in [0.05, 0.1) is 7.11 Å². The van der Waals surface area contributed by atoms with Crippen LogP contribution in [-0.4, -0.2) is 25.4 Å². The summed E-state index contributed by atoms with van der Waals surface area (Å²) in [5.74, 6) is 0.113. The molecule has 2 N–H and O–H groups in total. The van der Waals surface area contributed by atoms with E-state index in [0.717, 1.165) is 0 Å². The summed E-state index contributed by atoms with van der Waals surface area (Å²) in [7, 11) is 1.46. The number of hydrogen-bond acceptors (Lipinski definition) is 4. The van der Waals surface area contributed by atoms with E-state index in [1.807, 2.05) is 0 Å². The van der Waals surface area contributed by atoms with Gasteiger partial charge in [-0.15, -0.1) is 0 Å². The summed E-state index contributed by atoms with van der Waals surface area (Å²) in [4.78, 5) is 21.7. The van der Waals surface area contributed by atoms with Crippen molar-refractivity contribution in [3.63, 3.8) is 0 Å². The Labute approximate surface area is 107 Å². The maximum atomic E-state index is 10.9. The van der Waals surface area contributed by atoms with E-state index >= 15 is 0 Å². The standard InChI is InChI=1S/C11H12BrNO4/c1-6(11(13)15)17-10-3-7(5-14)8(12)4-9(10)16-2/h3-6H,1-2H3,(H2,13,15)/t6-/m0/s1. The number of carbonyl (C=O) groups excluding carboxylic acids is 2. The van der Waals surface area contributed by atoms with Gasteiger partial charge in [-0.05, 0) is 35.0 Å². The molecule has 5 nitrogen and oxygen atoms in total. The van der Waals surface area contributed by atoms with Crippen molar-refractivity contribution >= 4 is 28.1 Å². The van der Waals surface area contributed by atoms with Crippen LogP contribution in [0.15, 0.2) is 16.6 Å². The lowest BCUT2D eigenvalue weighted by Gasteiger charge is -2.15. The van der Waals surface area contributed by atoms with Crippen LogP contribution in [0.25, 0.3) is 0 Å². The van der Waals surface area contributed by atoms with Gasteiger partial charge in [0.15, 0.2) is 23.9 Å². The average Bonchev–Trinajstić information content (AvgIpc) is 2.30. The van der Waals surface area contributed by atoms with Crippen LogP contribution >= 0.6 is 15.9 Å². The summed E-state index contributed by atoms with van der Waals surface area (Å²) in [5, 5.41) is 0. The highest BCUT2D eigenvalue weighted by Crippen LogP contribution is 2.33. The first-order chi connectivity index (χ1) is 7.99. The predicted molar refractivity (Wildman–Crippen MR) is 65.4 cm³/mol. The highest BCUT2D eigenvalue weighted by Gasteiger charge is 2.15. The van der Waals surface area contributed by atoms with Gasteiger partial charge in [-0.1, -0.05) is 0 Å². The van der Waals surface area contributed by atoms with Gasteiger partial charge in [0.2, 0.25) is 0 Å². The van der Waals surface area contributed by atoms with Gasteiger partial charge in [0.1, 0.15) is 0 Å². The molecule has 0 aliphatic carbocycles. The summed E-state index contributed by atoms with van der Waals surface area (Å²) in [6, 6.07) is 3.07. The van der Waals surface area contributed by atoms with Crippen molar-refractivity contribution in [3.8, 4) is 11.5 Å². The molecule has 0 bridgehead atoms. The fraction of sp³-hybridized carbons (Fsp3) is 0.273. The number of hydrogen-bond donors (Lipinski definition) is 1. The zero-order chi connectivity index (χ0) is 13.0. The number of methoxy groups -OCH3 is 1. The number of carbonyl (C=O) groups is 2. The summed E-state index contributed by atoms with van der Waals surface area (Å²) in [6.45, 7) is 1.52. The number of amides is 1. The van der Waals surface area contributed by atoms with Gasteiger partial charge in [0, 0.05) is 10.0 Å². The molecule has 1 rings (SSSR count). The lowest BCUT2D eigenvalue weighted by Crippen LogP contribution is -2.30. The molecule has 92 valence electrons. The molecule has 0 spiro atoms. The lowest BCUT2D eigenvalue weighted by atomic mass is 10.2. The molecule has 1 aromatic carbocycles. The SMILES string of the molecule is COc1cc(Br)c(C=O)cc1O[C@@H](C)C(N)=O. The maximum Gasteiger partial charge on any atom is 0.258 e. The van der Waals surface area contributed by atoms with Gasteiger partial charge >= 0.3 is 0 Å². The van der Waals surface area contributed by atoms with E-state index in [1.165, 1.54) is 20.1 Å². The number of benzene rings is 1. The smallest absolute Gasteiger partial charge is 0.258 e. The van der Waals surface area contributed by atoms with Gasteiger partial charge in [-0.3, -0.25) is 9.59 Å². The van der Waals surface area contributed by atoms with E-state index in [1.54, 1.807) is 6.07 Å². The molecule has 0 fully saturated rings. The largest absolute Gasteiger partial charge is 0.493 e. The minimum absolute atomic E-state index is 0.295. The third-order valence-electron chi connectivity index (χ3n) is 2.11. The molecule has 0 unspecified atom stereocenters. The Morgan fingerprint density at radius 1 is 1.47 bits per heavy atom. The van der Waals surface area contributed by atoms with Crippen LogP contribution in [0.2, 0.25) is 0 Å². The molecule has 0 radical (unpaired) electrons. The minimum Gasteiger partial charge on any atom is -0.493 e. The van der Waals surface area contributed by atoms with Crippen LogP contribution in [0.1, 0.15) is 17.3 Å². The van der Waals surface area contributed by atoms with Crippen LogP contribution in [0.5, 0.6) is 11.5 Å². The topological polar surface area (TPSA) is 78.6 Å². The van der Waals surface area contributed by atoms with Gasteiger partial charge < -0.3 is 15.2 Å². The second kappa shape index (κ2) is 5.67. The maximum absolute atomic E-state index is 10.9. The van der Waals surface area contributed by atoms with Crippen LogP contribution in [-0.2, 0) is 4.79 Å². The Morgan fingerprint density at radius 3 is 2.59 bits per heavy atom. The highest BCUT2D eigenvalue weighted by molar-refractivity contribution is 9.10. The molecule has 1 amide bonds. The second-order valence-corrected chi connectivity index (χ2v) is 4.16. The first kappa shape index (κ1) is 13.5. The van der Waals surface area contributed by atoms with Crippen molar-refractivity contribution in [1.82, 2.24) is 0 Å². The molecule has 17 heavy (non-hydrogen) atoms. The van der Waals surface area contributed by atoms with E-state index in [0.29, 0.717) is 27.8 Å². The number of ether oxygens (including phenoxy) is 2. The van der Waals surface area contributed by atoms with E-state index in [2.05, 4.69) is 15.9 Å². The van der Waals surface area contributed by atoms with Crippen molar-refractivity contribution in [3.05, 3.63) is 22.2 Å². The van der Waals surface area contributed by atoms with Crippen molar-refractivity contribution in [2.75, 3.05) is 7.11 Å². The fourth-order valence-electron chi connectivity index (χ4n) is 1.14. The molecule has 6 heteroatoms. The third-order valence-corrected chi connectivity index (χ3v) is 2.80. The van der Waals surface area contributed by atoms with Crippen LogP contribution in [0, 0.1) is 0 Å². The van der Waals surface area contributed by atoms with Crippen molar-refractivity contribution in [2.45, 2.75) is 13.0 Å². The van der Waals surface area contributed by atoms with Crippen LogP contribution in [0.4, 0.5) is 0 Å². The van der Waals surface area contributed by atoms with Gasteiger partial charge in [-0.25, -0.2) is 0 Å². The molecule has 1 aromatic rings. The predicted octanol–water partition coefficient (Wildman–Crippen LogP) is 1.52. The fourth-order valence-corrected chi connectivity index (χ4v) is 1.56. The van der Waals surface area contributed by atoms with Crippen molar-refractivity contribution in [2.24, 2.45) is 5.73 Å². The van der Waals surface area contributed by atoms with Crippen LogP contribution in [0.3, 0.4) is 0 Å².